The Bertz CT molecular complexity index is 588. The van der Waals surface area contributed by atoms with E-state index in [2.05, 4.69) is 15.0 Å². The van der Waals surface area contributed by atoms with Crippen LogP contribution in [0.25, 0.3) is 0 Å². The fourth-order valence-electron chi connectivity index (χ4n) is 4.43. The Morgan fingerprint density at radius 3 is 2.71 bits per heavy atom. The lowest BCUT2D eigenvalue weighted by Gasteiger charge is -2.38. The van der Waals surface area contributed by atoms with Gasteiger partial charge in [-0.3, -0.25) is 4.79 Å². The van der Waals surface area contributed by atoms with Crippen molar-refractivity contribution in [1.29, 1.82) is 0 Å². The lowest BCUT2D eigenvalue weighted by molar-refractivity contribution is 0.0450. The summed E-state index contributed by atoms with van der Waals surface area (Å²) in [6.45, 7) is 6.00. The van der Waals surface area contributed by atoms with Gasteiger partial charge in [-0.05, 0) is 50.6 Å². The maximum absolute atomic E-state index is 12.5. The van der Waals surface area contributed by atoms with Gasteiger partial charge in [-0.25, -0.2) is 9.67 Å². The molecule has 1 aromatic heterocycles. The fourth-order valence-corrected chi connectivity index (χ4v) is 4.43. The van der Waals surface area contributed by atoms with Crippen LogP contribution in [0.2, 0.25) is 0 Å². The molecule has 24 heavy (non-hydrogen) atoms. The quantitative estimate of drug-likeness (QED) is 0.823. The smallest absolute Gasteiger partial charge is 0.291 e. The summed E-state index contributed by atoms with van der Waals surface area (Å²) in [5.41, 5.74) is 0.279. The molecule has 3 aliphatic heterocycles. The van der Waals surface area contributed by atoms with Crippen LogP contribution in [0.15, 0.2) is 6.33 Å². The predicted molar refractivity (Wildman–Crippen MR) is 88.6 cm³/mol. The lowest BCUT2D eigenvalue weighted by Crippen LogP contribution is -2.44. The van der Waals surface area contributed by atoms with Gasteiger partial charge < -0.3 is 14.5 Å². The highest BCUT2D eigenvalue weighted by atomic mass is 16.5. The van der Waals surface area contributed by atoms with E-state index in [1.807, 2.05) is 4.90 Å². The third-order valence-electron chi connectivity index (χ3n) is 5.96. The second-order valence-corrected chi connectivity index (χ2v) is 7.64. The normalized spacial score (nSPS) is 27.2. The molecular formula is C17H27N5O2. The summed E-state index contributed by atoms with van der Waals surface area (Å²) in [6, 6.07) is 0. The summed E-state index contributed by atoms with van der Waals surface area (Å²) >= 11 is 0. The Morgan fingerprint density at radius 2 is 2.04 bits per heavy atom. The Kier molecular flexibility index (Phi) is 4.30. The van der Waals surface area contributed by atoms with Gasteiger partial charge in [0.2, 0.25) is 5.82 Å². The standard InChI is InChI=1S/C17H27N5O2/c1-20-15(18-13-19-20)16(23)22-8-4-17(5-9-22)10-14(24-12-17)11-21-6-2-3-7-21/h13-14H,2-12H2,1H3/t14-/m1/s1. The van der Waals surface area contributed by atoms with E-state index in [-0.39, 0.29) is 11.3 Å². The van der Waals surface area contributed by atoms with Crippen LogP contribution in [0, 0.1) is 5.41 Å². The lowest BCUT2D eigenvalue weighted by atomic mass is 9.76. The zero-order chi connectivity index (χ0) is 16.6. The first-order chi connectivity index (χ1) is 11.7. The molecule has 7 heteroatoms. The number of amides is 1. The first-order valence-corrected chi connectivity index (χ1v) is 9.12. The SMILES string of the molecule is Cn1ncnc1C(=O)N1CCC2(CC1)CO[C@@H](CN1CCCC1)C2. The molecule has 0 bridgehead atoms. The number of nitrogens with zero attached hydrogens (tertiary/aromatic N) is 5. The second-order valence-electron chi connectivity index (χ2n) is 7.64. The molecule has 1 atom stereocenters. The molecular weight excluding hydrogens is 306 g/mol. The maximum Gasteiger partial charge on any atom is 0.291 e. The van der Waals surface area contributed by atoms with E-state index in [4.69, 9.17) is 4.74 Å². The number of aryl methyl sites for hydroxylation is 1. The largest absolute Gasteiger partial charge is 0.376 e. The van der Waals surface area contributed by atoms with Crippen molar-refractivity contribution in [2.45, 2.75) is 38.2 Å². The van der Waals surface area contributed by atoms with E-state index in [9.17, 15) is 4.79 Å². The van der Waals surface area contributed by atoms with Gasteiger partial charge in [0.1, 0.15) is 6.33 Å². The van der Waals surface area contributed by atoms with Crippen LogP contribution in [-0.2, 0) is 11.8 Å². The molecule has 0 aromatic carbocycles. The van der Waals surface area contributed by atoms with Crippen LogP contribution >= 0.6 is 0 Å². The first kappa shape index (κ1) is 16.0. The Morgan fingerprint density at radius 1 is 1.29 bits per heavy atom. The van der Waals surface area contributed by atoms with Crippen LogP contribution in [0.4, 0.5) is 0 Å². The minimum atomic E-state index is -0.00242. The molecule has 0 radical (unpaired) electrons. The highest BCUT2D eigenvalue weighted by Gasteiger charge is 2.43. The van der Waals surface area contributed by atoms with Gasteiger partial charge in [-0.15, -0.1) is 0 Å². The number of aromatic nitrogens is 3. The molecule has 0 saturated carbocycles. The van der Waals surface area contributed by atoms with E-state index in [1.54, 1.807) is 11.7 Å². The molecule has 4 heterocycles. The van der Waals surface area contributed by atoms with Crippen LogP contribution < -0.4 is 0 Å². The molecule has 3 fully saturated rings. The number of hydrogen-bond acceptors (Lipinski definition) is 5. The van der Waals surface area contributed by atoms with Crippen molar-refractivity contribution in [3.05, 3.63) is 12.2 Å². The maximum atomic E-state index is 12.5. The number of carbonyl (C=O) groups is 1. The summed E-state index contributed by atoms with van der Waals surface area (Å²) in [5, 5.41) is 4.00. The molecule has 1 amide bonds. The van der Waals surface area contributed by atoms with Crippen molar-refractivity contribution in [1.82, 2.24) is 24.6 Å². The van der Waals surface area contributed by atoms with Crippen molar-refractivity contribution in [3.8, 4) is 0 Å². The topological polar surface area (TPSA) is 63.5 Å². The molecule has 3 aliphatic rings. The second kappa shape index (κ2) is 6.44. The average molecular weight is 333 g/mol. The van der Waals surface area contributed by atoms with E-state index in [0.717, 1.165) is 45.5 Å². The average Bonchev–Trinajstić information content (AvgIpc) is 3.31. The molecule has 132 valence electrons. The van der Waals surface area contributed by atoms with Crippen LogP contribution in [0.1, 0.15) is 42.7 Å². The third kappa shape index (κ3) is 3.07. The third-order valence-corrected chi connectivity index (χ3v) is 5.96. The number of piperidine rings is 1. The van der Waals surface area contributed by atoms with Crippen molar-refractivity contribution in [2.24, 2.45) is 12.5 Å². The molecule has 4 rings (SSSR count). The zero-order valence-electron chi connectivity index (χ0n) is 14.5. The van der Waals surface area contributed by atoms with E-state index < -0.39 is 0 Å². The fraction of sp³-hybridized carbons (Fsp3) is 0.824. The Labute approximate surface area is 143 Å². The number of rotatable bonds is 3. The predicted octanol–water partition coefficient (Wildman–Crippen LogP) is 0.922. The minimum Gasteiger partial charge on any atom is -0.376 e. The van der Waals surface area contributed by atoms with Gasteiger partial charge in [-0.1, -0.05) is 0 Å². The molecule has 0 N–H and O–H groups in total. The Balaban J connectivity index is 1.31. The molecule has 0 aliphatic carbocycles. The molecule has 7 nitrogen and oxygen atoms in total. The number of ether oxygens (including phenoxy) is 1. The van der Waals surface area contributed by atoms with Crippen molar-refractivity contribution in [2.75, 3.05) is 39.3 Å². The van der Waals surface area contributed by atoms with Crippen molar-refractivity contribution in [3.63, 3.8) is 0 Å². The van der Waals surface area contributed by atoms with E-state index >= 15 is 0 Å². The highest BCUT2D eigenvalue weighted by Crippen LogP contribution is 2.42. The van der Waals surface area contributed by atoms with Crippen LogP contribution in [-0.4, -0.2) is 75.9 Å². The Hall–Kier alpha value is -1.47. The van der Waals surface area contributed by atoms with Gasteiger partial charge in [0.25, 0.3) is 5.91 Å². The van der Waals surface area contributed by atoms with Crippen molar-refractivity contribution < 1.29 is 9.53 Å². The zero-order valence-corrected chi connectivity index (χ0v) is 14.5. The highest BCUT2D eigenvalue weighted by molar-refractivity contribution is 5.90. The monoisotopic (exact) mass is 333 g/mol. The summed E-state index contributed by atoms with van der Waals surface area (Å²) in [5.74, 6) is 0.429. The van der Waals surface area contributed by atoms with Crippen LogP contribution in [0.5, 0.6) is 0 Å². The molecule has 1 aromatic rings. The minimum absolute atomic E-state index is 0.00242. The van der Waals surface area contributed by atoms with Crippen molar-refractivity contribution >= 4 is 5.91 Å². The molecule has 1 spiro atoms. The van der Waals surface area contributed by atoms with Gasteiger partial charge in [0, 0.05) is 26.7 Å². The number of carbonyl (C=O) groups excluding carboxylic acids is 1. The molecule has 3 saturated heterocycles. The van der Waals surface area contributed by atoms with Gasteiger partial charge in [0.15, 0.2) is 0 Å². The number of likely N-dealkylation sites (tertiary alicyclic amines) is 2. The summed E-state index contributed by atoms with van der Waals surface area (Å²) in [6.07, 6.45) is 7.69. The number of hydrogen-bond donors (Lipinski definition) is 0. The van der Waals surface area contributed by atoms with Gasteiger partial charge >= 0.3 is 0 Å². The van der Waals surface area contributed by atoms with Crippen LogP contribution in [0.3, 0.4) is 0 Å². The summed E-state index contributed by atoms with van der Waals surface area (Å²) in [4.78, 5) is 21.1. The van der Waals surface area contributed by atoms with Gasteiger partial charge in [0.05, 0.1) is 12.7 Å². The van der Waals surface area contributed by atoms with E-state index in [1.165, 1.54) is 32.3 Å². The van der Waals surface area contributed by atoms with E-state index in [0.29, 0.717) is 11.9 Å². The molecule has 0 unspecified atom stereocenters. The first-order valence-electron chi connectivity index (χ1n) is 9.12. The summed E-state index contributed by atoms with van der Waals surface area (Å²) < 4.78 is 7.68. The van der Waals surface area contributed by atoms with Gasteiger partial charge in [-0.2, -0.15) is 5.10 Å². The summed E-state index contributed by atoms with van der Waals surface area (Å²) in [7, 11) is 1.76.